The molecule has 3 aromatic rings. The molecule has 2 heterocycles. The van der Waals surface area contributed by atoms with Gasteiger partial charge in [0.1, 0.15) is 5.58 Å². The normalized spacial score (nSPS) is 11.3. The molecule has 0 aliphatic heterocycles. The van der Waals surface area contributed by atoms with Crippen LogP contribution in [0.2, 0.25) is 0 Å². The third-order valence-electron chi connectivity index (χ3n) is 2.13. The Balaban J connectivity index is 2.62. The zero-order valence-corrected chi connectivity index (χ0v) is 6.37. The maximum absolute atomic E-state index is 5.28. The molecule has 58 valence electrons. The number of furan rings is 1. The Hall–Kier alpha value is -1.70. The third-order valence-corrected chi connectivity index (χ3v) is 2.13. The molecular weight excluding hydrogens is 150 g/mol. The average Bonchev–Trinajstić information content (AvgIpc) is 2.64. The number of hydrogen-bond acceptors (Lipinski definition) is 1. The molecule has 0 bridgehead atoms. The van der Waals surface area contributed by atoms with E-state index in [1.165, 1.54) is 5.39 Å². The first-order valence-electron chi connectivity index (χ1n) is 3.88. The lowest BCUT2D eigenvalue weighted by Crippen LogP contribution is -1.66. The smallest absolute Gasteiger partial charge is 0.134 e. The summed E-state index contributed by atoms with van der Waals surface area (Å²) in [5.41, 5.74) is 2.10. The fraction of sp³-hybridized carbons (Fsp3) is 0. The minimum Gasteiger partial charge on any atom is -0.464 e. The van der Waals surface area contributed by atoms with E-state index in [1.54, 1.807) is 6.26 Å². The van der Waals surface area contributed by atoms with Crippen LogP contribution in [0.25, 0.3) is 21.9 Å². The van der Waals surface area contributed by atoms with Crippen LogP contribution in [-0.2, 0) is 0 Å². The molecule has 2 heteroatoms. The topological polar surface area (TPSA) is 28.9 Å². The molecule has 0 saturated heterocycles. The molecule has 0 atom stereocenters. The van der Waals surface area contributed by atoms with Crippen molar-refractivity contribution in [1.29, 1.82) is 0 Å². The molecule has 0 fully saturated rings. The van der Waals surface area contributed by atoms with Crippen LogP contribution in [0.4, 0.5) is 0 Å². The molecule has 0 spiro atoms. The summed E-state index contributed by atoms with van der Waals surface area (Å²) < 4.78 is 5.28. The molecule has 2 aromatic heterocycles. The van der Waals surface area contributed by atoms with Crippen molar-refractivity contribution >= 4 is 21.9 Å². The Morgan fingerprint density at radius 3 is 3.08 bits per heavy atom. The maximum Gasteiger partial charge on any atom is 0.134 e. The van der Waals surface area contributed by atoms with Gasteiger partial charge < -0.3 is 9.40 Å². The number of nitrogens with one attached hydrogen (secondary N) is 1. The van der Waals surface area contributed by atoms with E-state index in [9.17, 15) is 0 Å². The molecule has 12 heavy (non-hydrogen) atoms. The first-order chi connectivity index (χ1) is 5.93. The van der Waals surface area contributed by atoms with Gasteiger partial charge in [-0.15, -0.1) is 0 Å². The summed E-state index contributed by atoms with van der Waals surface area (Å²) in [6.07, 6.45) is 3.65. The van der Waals surface area contributed by atoms with Crippen molar-refractivity contribution in [1.82, 2.24) is 4.98 Å². The van der Waals surface area contributed by atoms with Crippen LogP contribution in [0.15, 0.2) is 41.1 Å². The highest BCUT2D eigenvalue weighted by Crippen LogP contribution is 2.22. The Labute approximate surface area is 68.8 Å². The van der Waals surface area contributed by atoms with Crippen LogP contribution < -0.4 is 0 Å². The summed E-state index contributed by atoms with van der Waals surface area (Å²) in [4.78, 5) is 3.16. The lowest BCUT2D eigenvalue weighted by molar-refractivity contribution is 0.616. The molecule has 0 amide bonds. The van der Waals surface area contributed by atoms with E-state index in [2.05, 4.69) is 11.1 Å². The number of hydrogen-bond donors (Lipinski definition) is 1. The zero-order valence-electron chi connectivity index (χ0n) is 6.37. The van der Waals surface area contributed by atoms with Gasteiger partial charge in [0.15, 0.2) is 0 Å². The van der Waals surface area contributed by atoms with Crippen molar-refractivity contribution in [3.63, 3.8) is 0 Å². The molecule has 0 radical (unpaired) electrons. The average molecular weight is 157 g/mol. The van der Waals surface area contributed by atoms with Gasteiger partial charge in [0, 0.05) is 22.5 Å². The quantitative estimate of drug-likeness (QED) is 0.534. The van der Waals surface area contributed by atoms with E-state index in [0.717, 1.165) is 16.5 Å². The minimum atomic E-state index is 0.946. The second-order valence-corrected chi connectivity index (χ2v) is 2.88. The second-order valence-electron chi connectivity index (χ2n) is 2.88. The van der Waals surface area contributed by atoms with Gasteiger partial charge in [0.25, 0.3) is 0 Å². The second kappa shape index (κ2) is 1.91. The molecule has 2 nitrogen and oxygen atoms in total. The molecule has 1 aromatic carbocycles. The van der Waals surface area contributed by atoms with Crippen LogP contribution in [-0.4, -0.2) is 4.98 Å². The monoisotopic (exact) mass is 157 g/mol. The van der Waals surface area contributed by atoms with E-state index < -0.39 is 0 Å². The Morgan fingerprint density at radius 1 is 1.08 bits per heavy atom. The summed E-state index contributed by atoms with van der Waals surface area (Å²) in [6, 6.07) is 8.14. The molecular formula is C10H7NO. The number of benzene rings is 1. The number of aromatic amines is 1. The van der Waals surface area contributed by atoms with Crippen molar-refractivity contribution < 1.29 is 4.42 Å². The Kier molecular flexibility index (Phi) is 0.939. The lowest BCUT2D eigenvalue weighted by atomic mass is 10.2. The van der Waals surface area contributed by atoms with Crippen molar-refractivity contribution in [3.8, 4) is 0 Å². The van der Waals surface area contributed by atoms with Crippen LogP contribution in [0.1, 0.15) is 0 Å². The van der Waals surface area contributed by atoms with Gasteiger partial charge in [-0.1, -0.05) is 0 Å². The van der Waals surface area contributed by atoms with Gasteiger partial charge in [-0.05, 0) is 24.3 Å². The summed E-state index contributed by atoms with van der Waals surface area (Å²) in [5, 5.41) is 2.34. The van der Waals surface area contributed by atoms with Gasteiger partial charge in [-0.2, -0.15) is 0 Å². The summed E-state index contributed by atoms with van der Waals surface area (Å²) >= 11 is 0. The van der Waals surface area contributed by atoms with E-state index in [1.807, 2.05) is 24.4 Å². The zero-order chi connectivity index (χ0) is 7.97. The standard InChI is InChI=1S/C10H7NO/c1-3-11-9-5-8-2-4-12-10(8)6-7(1)9/h1-6,11H. The van der Waals surface area contributed by atoms with Crippen molar-refractivity contribution in [2.24, 2.45) is 0 Å². The molecule has 1 N–H and O–H groups in total. The van der Waals surface area contributed by atoms with Crippen molar-refractivity contribution in [3.05, 3.63) is 36.7 Å². The summed E-state index contributed by atoms with van der Waals surface area (Å²) in [5.74, 6) is 0. The van der Waals surface area contributed by atoms with Crippen LogP contribution in [0.5, 0.6) is 0 Å². The van der Waals surface area contributed by atoms with Crippen molar-refractivity contribution in [2.45, 2.75) is 0 Å². The van der Waals surface area contributed by atoms with Gasteiger partial charge in [-0.25, -0.2) is 0 Å². The number of rotatable bonds is 0. The van der Waals surface area contributed by atoms with Gasteiger partial charge in [-0.3, -0.25) is 0 Å². The van der Waals surface area contributed by atoms with Crippen LogP contribution >= 0.6 is 0 Å². The highest BCUT2D eigenvalue weighted by molar-refractivity contribution is 5.94. The molecule has 0 aliphatic carbocycles. The molecule has 0 unspecified atom stereocenters. The number of aromatic nitrogens is 1. The highest BCUT2D eigenvalue weighted by Gasteiger charge is 1.99. The lowest BCUT2D eigenvalue weighted by Gasteiger charge is -1.89. The summed E-state index contributed by atoms with van der Waals surface area (Å²) in [7, 11) is 0. The Morgan fingerprint density at radius 2 is 2.08 bits per heavy atom. The van der Waals surface area contributed by atoms with Crippen LogP contribution in [0.3, 0.4) is 0 Å². The maximum atomic E-state index is 5.28. The summed E-state index contributed by atoms with van der Waals surface area (Å²) in [6.45, 7) is 0. The van der Waals surface area contributed by atoms with Gasteiger partial charge in [0.05, 0.1) is 6.26 Å². The predicted molar refractivity (Wildman–Crippen MR) is 48.1 cm³/mol. The highest BCUT2D eigenvalue weighted by atomic mass is 16.3. The van der Waals surface area contributed by atoms with Gasteiger partial charge in [0.2, 0.25) is 0 Å². The largest absolute Gasteiger partial charge is 0.464 e. The molecule has 0 aliphatic rings. The molecule has 3 rings (SSSR count). The predicted octanol–water partition coefficient (Wildman–Crippen LogP) is 2.91. The molecule has 0 saturated carbocycles. The first kappa shape index (κ1) is 5.89. The Bertz CT molecular complexity index is 442. The van der Waals surface area contributed by atoms with Crippen LogP contribution in [0, 0.1) is 0 Å². The first-order valence-corrected chi connectivity index (χ1v) is 3.88. The fourth-order valence-electron chi connectivity index (χ4n) is 1.51. The number of H-pyrrole nitrogens is 1. The SMILES string of the molecule is c1cc2cc3occc3cc2[nH]1. The van der Waals surface area contributed by atoms with E-state index in [-0.39, 0.29) is 0 Å². The number of fused-ring (bicyclic) bond motifs is 2. The van der Waals surface area contributed by atoms with E-state index in [0.29, 0.717) is 0 Å². The fourth-order valence-corrected chi connectivity index (χ4v) is 1.51. The third kappa shape index (κ3) is 0.639. The van der Waals surface area contributed by atoms with Gasteiger partial charge >= 0.3 is 0 Å². The van der Waals surface area contributed by atoms with Crippen molar-refractivity contribution in [2.75, 3.05) is 0 Å². The van der Waals surface area contributed by atoms with E-state index in [4.69, 9.17) is 4.42 Å². The van der Waals surface area contributed by atoms with E-state index >= 15 is 0 Å². The minimum absolute atomic E-state index is 0.946.